The summed E-state index contributed by atoms with van der Waals surface area (Å²) >= 11 is 0. The number of hydrogen-bond acceptors (Lipinski definition) is 13. The molecule has 2 saturated heterocycles. The molecule has 4 rings (SSSR count). The van der Waals surface area contributed by atoms with E-state index in [0.717, 1.165) is 25.0 Å². The summed E-state index contributed by atoms with van der Waals surface area (Å²) in [5, 5.41) is 2.67. The molecule has 2 fully saturated rings. The van der Waals surface area contributed by atoms with Gasteiger partial charge in [-0.1, -0.05) is 60.7 Å². The van der Waals surface area contributed by atoms with Gasteiger partial charge in [-0.3, -0.25) is 19.2 Å². The van der Waals surface area contributed by atoms with Gasteiger partial charge in [0.15, 0.2) is 24.8 Å². The number of rotatable bonds is 15. The van der Waals surface area contributed by atoms with Gasteiger partial charge in [0.25, 0.3) is 0 Å². The molecule has 2 aromatic rings. The Morgan fingerprint density at radius 2 is 1.22 bits per heavy atom. The number of methoxy groups -OCH3 is 1. The fourth-order valence-corrected chi connectivity index (χ4v) is 5.82. The molecule has 15 heteroatoms. The molecule has 0 radical (unpaired) electrons. The first kappa shape index (κ1) is 38.8. The van der Waals surface area contributed by atoms with Gasteiger partial charge >= 0.3 is 17.9 Å². The number of benzene rings is 2. The van der Waals surface area contributed by atoms with E-state index in [9.17, 15) is 23.6 Å². The SMILES string of the molecule is CO[C@H]1O[C@H](CF)[C@@H](OCc2ccccc2)[C@H](OCc2ccccc2)[C@@H]1O[C@@H]1O[C@H](COC(C)=O)[C@@H](OC(C)=O)[C@H](OC(C)=O)[C@H]1NC(C)=O. The molecule has 50 heavy (non-hydrogen) atoms. The van der Waals surface area contributed by atoms with Crippen molar-refractivity contribution in [1.29, 1.82) is 0 Å². The Morgan fingerprint density at radius 1 is 0.680 bits per heavy atom. The molecular formula is C35H44FNO13. The minimum atomic E-state index is -1.48. The van der Waals surface area contributed by atoms with E-state index < -0.39 is 98.4 Å². The predicted molar refractivity (Wildman–Crippen MR) is 171 cm³/mol. The molecule has 0 aromatic heterocycles. The van der Waals surface area contributed by atoms with Crippen LogP contribution in [0.25, 0.3) is 0 Å². The summed E-state index contributed by atoms with van der Waals surface area (Å²) in [6.45, 7) is 3.43. The molecule has 2 aromatic carbocycles. The van der Waals surface area contributed by atoms with Crippen LogP contribution in [0, 0.1) is 0 Å². The lowest BCUT2D eigenvalue weighted by Crippen LogP contribution is -2.69. The van der Waals surface area contributed by atoms with Crippen molar-refractivity contribution in [2.24, 2.45) is 0 Å². The molecule has 0 bridgehead atoms. The number of alkyl halides is 1. The Hall–Kier alpha value is -3.99. The zero-order chi connectivity index (χ0) is 36.2. The number of esters is 3. The van der Waals surface area contributed by atoms with Crippen molar-refractivity contribution < 1.29 is 66.2 Å². The highest BCUT2D eigenvalue weighted by molar-refractivity contribution is 5.73. The first-order valence-electron chi connectivity index (χ1n) is 16.1. The lowest BCUT2D eigenvalue weighted by molar-refractivity contribution is -0.359. The zero-order valence-electron chi connectivity index (χ0n) is 28.6. The lowest BCUT2D eigenvalue weighted by atomic mass is 9.95. The number of carbonyl (C=O) groups is 4. The van der Waals surface area contributed by atoms with Crippen LogP contribution in [0.3, 0.4) is 0 Å². The maximum Gasteiger partial charge on any atom is 0.303 e. The smallest absolute Gasteiger partial charge is 0.303 e. The summed E-state index contributed by atoms with van der Waals surface area (Å²) in [7, 11) is 1.34. The predicted octanol–water partition coefficient (Wildman–Crippen LogP) is 2.54. The molecule has 0 spiro atoms. The topological polar surface area (TPSA) is 163 Å². The number of carbonyl (C=O) groups excluding carboxylic acids is 4. The molecule has 0 aliphatic carbocycles. The van der Waals surface area contributed by atoms with Gasteiger partial charge < -0.3 is 47.9 Å². The summed E-state index contributed by atoms with van der Waals surface area (Å²) in [6.07, 6.45) is -11.1. The van der Waals surface area contributed by atoms with Crippen LogP contribution in [0.4, 0.5) is 4.39 Å². The number of hydrogen-bond donors (Lipinski definition) is 1. The second kappa shape index (κ2) is 18.8. The molecule has 1 N–H and O–H groups in total. The Balaban J connectivity index is 1.75. The Labute approximate surface area is 289 Å². The number of halogens is 1. The normalized spacial score (nSPS) is 29.4. The van der Waals surface area contributed by atoms with E-state index in [1.807, 2.05) is 60.7 Å². The number of ether oxygens (including phenoxy) is 9. The average molecular weight is 706 g/mol. The summed E-state index contributed by atoms with van der Waals surface area (Å²) in [5.74, 6) is -2.75. The molecular weight excluding hydrogens is 661 g/mol. The van der Waals surface area contributed by atoms with Crippen LogP contribution in [0.2, 0.25) is 0 Å². The lowest BCUT2D eigenvalue weighted by Gasteiger charge is -2.49. The summed E-state index contributed by atoms with van der Waals surface area (Å²) < 4.78 is 68.1. The molecule has 2 heterocycles. The van der Waals surface area contributed by atoms with Crippen molar-refractivity contribution >= 4 is 23.8 Å². The summed E-state index contributed by atoms with van der Waals surface area (Å²) in [4.78, 5) is 48.9. The highest BCUT2D eigenvalue weighted by Gasteiger charge is 2.55. The summed E-state index contributed by atoms with van der Waals surface area (Å²) in [6, 6.07) is 17.2. The van der Waals surface area contributed by atoms with Crippen LogP contribution in [-0.4, -0.2) is 106 Å². The monoisotopic (exact) mass is 705 g/mol. The van der Waals surface area contributed by atoms with Crippen molar-refractivity contribution in [2.75, 3.05) is 20.4 Å². The average Bonchev–Trinajstić information content (AvgIpc) is 3.08. The number of nitrogens with one attached hydrogen (secondary N) is 1. The quantitative estimate of drug-likeness (QED) is 0.213. The van der Waals surface area contributed by atoms with E-state index in [4.69, 9.17) is 42.6 Å². The maximum absolute atomic E-state index is 14.7. The minimum Gasteiger partial charge on any atom is -0.463 e. The van der Waals surface area contributed by atoms with Crippen molar-refractivity contribution in [3.05, 3.63) is 71.8 Å². The maximum atomic E-state index is 14.7. The standard InChI is InChI=1S/C35H44FNO13/c1-20(38)37-28-31(47-23(4)41)30(46-22(3)40)27(19-43-21(2)39)49-34(28)50-33-32(45-18-25-14-10-7-11-15-25)29(26(16-36)48-35(33)42-5)44-17-24-12-8-6-9-13-24/h6-15,26-35H,16-19H2,1-5H3,(H,37,38)/t26-,27-,28-,29-,30-,31-,32+,33+,34+,35+/m1/s1. The molecule has 0 unspecified atom stereocenters. The molecule has 14 nitrogen and oxygen atoms in total. The van der Waals surface area contributed by atoms with Gasteiger partial charge in [-0.25, -0.2) is 4.39 Å². The van der Waals surface area contributed by atoms with E-state index in [0.29, 0.717) is 0 Å². The van der Waals surface area contributed by atoms with Crippen molar-refractivity contribution in [3.63, 3.8) is 0 Å². The fraction of sp³-hybridized carbons (Fsp3) is 0.543. The zero-order valence-corrected chi connectivity index (χ0v) is 28.6. The van der Waals surface area contributed by atoms with E-state index in [1.54, 1.807) is 0 Å². The molecule has 2 aliphatic heterocycles. The van der Waals surface area contributed by atoms with E-state index in [-0.39, 0.29) is 13.2 Å². The molecule has 274 valence electrons. The second-order valence-electron chi connectivity index (χ2n) is 11.8. The first-order valence-corrected chi connectivity index (χ1v) is 16.1. The Morgan fingerprint density at radius 3 is 1.72 bits per heavy atom. The number of amides is 1. The third-order valence-electron chi connectivity index (χ3n) is 7.91. The van der Waals surface area contributed by atoms with E-state index in [2.05, 4.69) is 5.32 Å². The van der Waals surface area contributed by atoms with Crippen molar-refractivity contribution in [3.8, 4) is 0 Å². The van der Waals surface area contributed by atoms with Crippen molar-refractivity contribution in [2.45, 2.75) is 102 Å². The van der Waals surface area contributed by atoms with Gasteiger partial charge in [-0.05, 0) is 11.1 Å². The third kappa shape index (κ3) is 10.8. The molecule has 1 amide bonds. The van der Waals surface area contributed by atoms with Crippen LogP contribution in [0.5, 0.6) is 0 Å². The highest BCUT2D eigenvalue weighted by Crippen LogP contribution is 2.35. The van der Waals surface area contributed by atoms with Gasteiger partial charge in [0.1, 0.15) is 49.8 Å². The van der Waals surface area contributed by atoms with Crippen LogP contribution >= 0.6 is 0 Å². The molecule has 2 aliphatic rings. The summed E-state index contributed by atoms with van der Waals surface area (Å²) in [5.41, 5.74) is 1.62. The third-order valence-corrected chi connectivity index (χ3v) is 7.91. The first-order chi connectivity index (χ1) is 24.0. The van der Waals surface area contributed by atoms with Crippen LogP contribution < -0.4 is 5.32 Å². The van der Waals surface area contributed by atoms with Crippen LogP contribution in [0.15, 0.2) is 60.7 Å². The minimum absolute atomic E-state index is 0.0618. The molecule has 0 saturated carbocycles. The van der Waals surface area contributed by atoms with Crippen LogP contribution in [-0.2, 0) is 75.0 Å². The van der Waals surface area contributed by atoms with Gasteiger partial charge in [0.05, 0.1) is 13.2 Å². The Bertz CT molecular complexity index is 1400. The van der Waals surface area contributed by atoms with Crippen LogP contribution in [0.1, 0.15) is 38.8 Å². The van der Waals surface area contributed by atoms with E-state index in [1.165, 1.54) is 21.0 Å². The molecule has 10 atom stereocenters. The van der Waals surface area contributed by atoms with Gasteiger partial charge in [0, 0.05) is 34.8 Å². The Kier molecular flexibility index (Phi) is 14.6. The van der Waals surface area contributed by atoms with Gasteiger partial charge in [-0.2, -0.15) is 0 Å². The van der Waals surface area contributed by atoms with E-state index >= 15 is 0 Å². The van der Waals surface area contributed by atoms with Crippen molar-refractivity contribution in [1.82, 2.24) is 5.32 Å². The second-order valence-corrected chi connectivity index (χ2v) is 11.8. The van der Waals surface area contributed by atoms with Gasteiger partial charge in [-0.15, -0.1) is 0 Å². The largest absolute Gasteiger partial charge is 0.463 e. The fourth-order valence-electron chi connectivity index (χ4n) is 5.82. The highest BCUT2D eigenvalue weighted by atomic mass is 19.1. The van der Waals surface area contributed by atoms with Gasteiger partial charge in [0.2, 0.25) is 5.91 Å².